The second kappa shape index (κ2) is 3.82. The predicted molar refractivity (Wildman–Crippen MR) is 41.3 cm³/mol. The topological polar surface area (TPSA) is 41.5 Å². The Morgan fingerprint density at radius 1 is 1.62 bits per heavy atom. The molecule has 46 valence electrons. The normalized spacial score (nSPS) is 7.88. The Morgan fingerprint density at radius 2 is 2.12 bits per heavy atom. The fourth-order valence-corrected chi connectivity index (χ4v) is 0.276. The van der Waals surface area contributed by atoms with Gasteiger partial charge in [0.25, 0.3) is 0 Å². The minimum Gasteiger partial charge on any atom is -0.261 e. The SMILES string of the molecule is CC(C)=NNC(=O)I. The number of rotatable bonds is 1. The Bertz CT molecular complexity index is 117. The molecule has 0 aliphatic heterocycles. The van der Waals surface area contributed by atoms with Gasteiger partial charge in [0.1, 0.15) is 0 Å². The summed E-state index contributed by atoms with van der Waals surface area (Å²) in [6.07, 6.45) is 0. The number of hydrogen-bond acceptors (Lipinski definition) is 2. The zero-order valence-electron chi connectivity index (χ0n) is 4.73. The molecule has 0 rings (SSSR count). The number of nitrogens with one attached hydrogen (secondary N) is 1. The Morgan fingerprint density at radius 3 is 2.25 bits per heavy atom. The average Bonchev–Trinajstić information content (AvgIpc) is 1.61. The minimum absolute atomic E-state index is 0.163. The van der Waals surface area contributed by atoms with Gasteiger partial charge in [-0.25, -0.2) is 5.43 Å². The summed E-state index contributed by atoms with van der Waals surface area (Å²) in [4.78, 5) is 10.1. The molecule has 0 aromatic rings. The highest BCUT2D eigenvalue weighted by molar-refractivity contribution is 14.1. The molecule has 0 atom stereocenters. The molecule has 0 bridgehead atoms. The molecule has 0 aliphatic carbocycles. The largest absolute Gasteiger partial charge is 0.300 e. The molecule has 1 amide bonds. The van der Waals surface area contributed by atoms with Crippen LogP contribution in [0, 0.1) is 0 Å². The average molecular weight is 226 g/mol. The van der Waals surface area contributed by atoms with E-state index in [0.29, 0.717) is 0 Å². The molecule has 0 saturated heterocycles. The molecule has 0 spiro atoms. The van der Waals surface area contributed by atoms with Crippen molar-refractivity contribution in [1.29, 1.82) is 0 Å². The van der Waals surface area contributed by atoms with E-state index in [1.165, 1.54) is 0 Å². The first-order valence-electron chi connectivity index (χ1n) is 2.09. The van der Waals surface area contributed by atoms with Crippen LogP contribution in [0.4, 0.5) is 4.79 Å². The summed E-state index contributed by atoms with van der Waals surface area (Å²) in [5, 5.41) is 3.63. The van der Waals surface area contributed by atoms with Crippen LogP contribution in [0.2, 0.25) is 0 Å². The van der Waals surface area contributed by atoms with E-state index in [2.05, 4.69) is 10.5 Å². The van der Waals surface area contributed by atoms with Crippen molar-refractivity contribution in [1.82, 2.24) is 5.43 Å². The van der Waals surface area contributed by atoms with Gasteiger partial charge in [0.2, 0.25) is 0 Å². The summed E-state index contributed by atoms with van der Waals surface area (Å²) in [5.74, 6) is 0. The lowest BCUT2D eigenvalue weighted by Gasteiger charge is -1.88. The Hall–Kier alpha value is -0.130. The van der Waals surface area contributed by atoms with Gasteiger partial charge in [0.05, 0.1) is 0 Å². The minimum atomic E-state index is -0.163. The fraction of sp³-hybridized carbons (Fsp3) is 0.500. The lowest BCUT2D eigenvalue weighted by molar-refractivity contribution is 0.263. The first-order valence-corrected chi connectivity index (χ1v) is 3.17. The lowest BCUT2D eigenvalue weighted by Crippen LogP contribution is -2.08. The van der Waals surface area contributed by atoms with Crippen molar-refractivity contribution in [2.75, 3.05) is 0 Å². The number of hydrazone groups is 1. The Labute approximate surface area is 61.7 Å². The zero-order chi connectivity index (χ0) is 6.57. The first-order chi connectivity index (χ1) is 3.63. The number of amides is 1. The monoisotopic (exact) mass is 226 g/mol. The molecule has 1 N–H and O–H groups in total. The second-order valence-electron chi connectivity index (χ2n) is 1.44. The van der Waals surface area contributed by atoms with Gasteiger partial charge in [-0.1, -0.05) is 0 Å². The van der Waals surface area contributed by atoms with Crippen LogP contribution in [-0.4, -0.2) is 9.63 Å². The van der Waals surface area contributed by atoms with Gasteiger partial charge in [-0.05, 0) is 13.8 Å². The van der Waals surface area contributed by atoms with Crippen molar-refractivity contribution < 1.29 is 4.79 Å². The van der Waals surface area contributed by atoms with Crippen LogP contribution in [0.3, 0.4) is 0 Å². The maximum Gasteiger partial charge on any atom is 0.300 e. The van der Waals surface area contributed by atoms with Crippen molar-refractivity contribution in [2.24, 2.45) is 5.10 Å². The van der Waals surface area contributed by atoms with E-state index in [9.17, 15) is 4.79 Å². The van der Waals surface area contributed by atoms with Gasteiger partial charge in [-0.2, -0.15) is 5.10 Å². The highest BCUT2D eigenvalue weighted by Gasteiger charge is 1.84. The van der Waals surface area contributed by atoms with E-state index in [1.54, 1.807) is 22.6 Å². The molecule has 0 aromatic heterocycles. The van der Waals surface area contributed by atoms with Crippen LogP contribution >= 0.6 is 22.6 Å². The third-order valence-corrected chi connectivity index (χ3v) is 0.609. The summed E-state index contributed by atoms with van der Waals surface area (Å²) in [6.45, 7) is 3.62. The van der Waals surface area contributed by atoms with Crippen LogP contribution in [-0.2, 0) is 0 Å². The summed E-state index contributed by atoms with van der Waals surface area (Å²) >= 11 is 1.62. The quantitative estimate of drug-likeness (QED) is 0.238. The smallest absolute Gasteiger partial charge is 0.261 e. The van der Waals surface area contributed by atoms with Crippen LogP contribution < -0.4 is 5.43 Å². The molecule has 0 heterocycles. The standard InChI is InChI=1S/C4H7IN2O/c1-3(2)6-7-4(5)8/h1-2H3,(H,7,8). The third-order valence-electron chi connectivity index (χ3n) is 0.367. The molecule has 0 saturated carbocycles. The highest BCUT2D eigenvalue weighted by Crippen LogP contribution is 1.81. The van der Waals surface area contributed by atoms with Crippen LogP contribution in [0.1, 0.15) is 13.8 Å². The molecule has 4 heteroatoms. The molecular weight excluding hydrogens is 219 g/mol. The van der Waals surface area contributed by atoms with E-state index in [4.69, 9.17) is 0 Å². The molecule has 0 radical (unpaired) electrons. The second-order valence-corrected chi connectivity index (χ2v) is 2.42. The van der Waals surface area contributed by atoms with Gasteiger partial charge in [0, 0.05) is 28.3 Å². The number of hydrogen-bond donors (Lipinski definition) is 1. The number of nitrogens with zero attached hydrogens (tertiary/aromatic N) is 1. The number of carbonyl (C=O) groups is 1. The fourth-order valence-electron chi connectivity index (χ4n) is 0.156. The van der Waals surface area contributed by atoms with E-state index >= 15 is 0 Å². The molecule has 3 nitrogen and oxygen atoms in total. The lowest BCUT2D eigenvalue weighted by atomic mass is 10.5. The van der Waals surface area contributed by atoms with Crippen LogP contribution in [0.5, 0.6) is 0 Å². The summed E-state index contributed by atoms with van der Waals surface area (Å²) in [5.41, 5.74) is 3.12. The van der Waals surface area contributed by atoms with Gasteiger partial charge in [-0.15, -0.1) is 0 Å². The van der Waals surface area contributed by atoms with Crippen molar-refractivity contribution in [3.63, 3.8) is 0 Å². The maximum atomic E-state index is 10.1. The van der Waals surface area contributed by atoms with E-state index in [-0.39, 0.29) is 3.91 Å². The van der Waals surface area contributed by atoms with Gasteiger partial charge in [-0.3, -0.25) is 4.79 Å². The molecule has 0 aliphatic rings. The Kier molecular flexibility index (Phi) is 3.76. The number of halogens is 1. The molecule has 8 heavy (non-hydrogen) atoms. The first kappa shape index (κ1) is 7.87. The molecule has 0 aromatic carbocycles. The zero-order valence-corrected chi connectivity index (χ0v) is 6.89. The third kappa shape index (κ3) is 5.87. The number of carbonyl (C=O) groups excluding carboxylic acids is 1. The molecule has 0 unspecified atom stereocenters. The van der Waals surface area contributed by atoms with Crippen LogP contribution in [0.25, 0.3) is 0 Å². The summed E-state index contributed by atoms with van der Waals surface area (Å²) in [6, 6.07) is 0. The van der Waals surface area contributed by atoms with Crippen molar-refractivity contribution in [2.45, 2.75) is 13.8 Å². The van der Waals surface area contributed by atoms with Gasteiger partial charge in [0.15, 0.2) is 0 Å². The van der Waals surface area contributed by atoms with E-state index < -0.39 is 0 Å². The molecular formula is C4H7IN2O. The predicted octanol–water partition coefficient (Wildman–Crippen LogP) is 1.53. The summed E-state index contributed by atoms with van der Waals surface area (Å²) in [7, 11) is 0. The van der Waals surface area contributed by atoms with E-state index in [1.807, 2.05) is 13.8 Å². The van der Waals surface area contributed by atoms with Gasteiger partial charge < -0.3 is 0 Å². The molecule has 0 fully saturated rings. The maximum absolute atomic E-state index is 10.1. The van der Waals surface area contributed by atoms with Crippen LogP contribution in [0.15, 0.2) is 5.10 Å². The highest BCUT2D eigenvalue weighted by atomic mass is 127. The van der Waals surface area contributed by atoms with E-state index in [0.717, 1.165) is 5.71 Å². The summed E-state index contributed by atoms with van der Waals surface area (Å²) < 4.78 is -0.163. The van der Waals surface area contributed by atoms with Crippen molar-refractivity contribution in [3.8, 4) is 0 Å². The Balaban J connectivity index is 3.45. The van der Waals surface area contributed by atoms with Crippen molar-refractivity contribution in [3.05, 3.63) is 0 Å². The van der Waals surface area contributed by atoms with Crippen molar-refractivity contribution >= 4 is 32.2 Å². The van der Waals surface area contributed by atoms with Gasteiger partial charge >= 0.3 is 3.91 Å².